The second-order valence-electron chi connectivity index (χ2n) is 6.81. The van der Waals surface area contributed by atoms with Gasteiger partial charge in [0, 0.05) is 11.1 Å². The van der Waals surface area contributed by atoms with Gasteiger partial charge >= 0.3 is 5.97 Å². The molecule has 1 saturated heterocycles. The molecule has 4 rings (SSSR count). The average molecular weight is 427 g/mol. The van der Waals surface area contributed by atoms with Crippen LogP contribution in [-0.2, 0) is 9.47 Å². The number of anilines is 1. The van der Waals surface area contributed by atoms with Gasteiger partial charge in [-0.25, -0.2) is 19.7 Å². The van der Waals surface area contributed by atoms with E-state index >= 15 is 0 Å². The highest BCUT2D eigenvalue weighted by Crippen LogP contribution is 2.32. The number of aromatic nitrogens is 4. The van der Waals surface area contributed by atoms with Gasteiger partial charge in [-0.05, 0) is 12.1 Å². The molecule has 4 atom stereocenters. The number of aliphatic hydroxyl groups is 2. The fourth-order valence-electron chi connectivity index (χ4n) is 3.31. The summed E-state index contributed by atoms with van der Waals surface area (Å²) in [5, 5.41) is 20.8. The molecule has 2 aromatic heterocycles. The van der Waals surface area contributed by atoms with Crippen LogP contribution in [0.2, 0.25) is 0 Å². The normalized spacial score (nSPS) is 23.0. The number of carbonyl (C=O) groups excluding carboxylic acids is 3. The third-order valence-corrected chi connectivity index (χ3v) is 4.95. The number of fused-ring (bicyclic) bond motifs is 1. The van der Waals surface area contributed by atoms with Gasteiger partial charge in [-0.2, -0.15) is 0 Å². The predicted octanol–water partition coefficient (Wildman–Crippen LogP) is -0.490. The number of rotatable bonds is 6. The zero-order valence-electron chi connectivity index (χ0n) is 15.9. The Morgan fingerprint density at radius 3 is 2.68 bits per heavy atom. The summed E-state index contributed by atoms with van der Waals surface area (Å²) < 4.78 is 12.3. The van der Waals surface area contributed by atoms with E-state index in [1.54, 1.807) is 0 Å². The molecule has 1 aliphatic rings. The summed E-state index contributed by atoms with van der Waals surface area (Å²) in [5.74, 6) is -0.638. The van der Waals surface area contributed by atoms with Crippen LogP contribution in [0.3, 0.4) is 0 Å². The molecule has 0 aliphatic carbocycles. The van der Waals surface area contributed by atoms with Crippen molar-refractivity contribution in [3.05, 3.63) is 47.5 Å². The standard InChI is InChI=1S/C19H17N5O7/c20-16-13-17(22-7-21-16)24(8-23-13)18-15(28)14(27)12(31-18)6-30-19(29)9-1-2-10(4-25)11(3-9)5-26/h1-5,7-8,12,14-15,18,27-28H,6H2,(H2,20,21,22)/t12-,14?,15?,18-/m1/s1. The van der Waals surface area contributed by atoms with Crippen molar-refractivity contribution in [2.24, 2.45) is 0 Å². The molecule has 0 saturated carbocycles. The molecule has 0 amide bonds. The van der Waals surface area contributed by atoms with Crippen LogP contribution < -0.4 is 5.73 Å². The Morgan fingerprint density at radius 2 is 1.94 bits per heavy atom. The van der Waals surface area contributed by atoms with Crippen molar-refractivity contribution in [1.82, 2.24) is 19.5 Å². The molecule has 12 heteroatoms. The smallest absolute Gasteiger partial charge is 0.338 e. The van der Waals surface area contributed by atoms with Gasteiger partial charge in [-0.15, -0.1) is 0 Å². The monoisotopic (exact) mass is 427 g/mol. The number of aldehydes is 2. The number of imidazole rings is 1. The van der Waals surface area contributed by atoms with Gasteiger partial charge in [-0.3, -0.25) is 14.2 Å². The molecule has 0 spiro atoms. The number of nitrogens with zero attached hydrogens (tertiary/aromatic N) is 4. The van der Waals surface area contributed by atoms with Gasteiger partial charge in [-0.1, -0.05) is 6.07 Å². The Labute approximate surface area is 174 Å². The molecule has 1 aromatic carbocycles. The van der Waals surface area contributed by atoms with Gasteiger partial charge in [0.05, 0.1) is 11.9 Å². The maximum Gasteiger partial charge on any atom is 0.338 e. The van der Waals surface area contributed by atoms with Crippen molar-refractivity contribution in [2.75, 3.05) is 12.3 Å². The quantitative estimate of drug-likeness (QED) is 0.341. The number of hydrogen-bond donors (Lipinski definition) is 3. The van der Waals surface area contributed by atoms with E-state index in [-0.39, 0.29) is 29.1 Å². The fraction of sp³-hybridized carbons (Fsp3) is 0.263. The first kappa shape index (κ1) is 20.5. The summed E-state index contributed by atoms with van der Waals surface area (Å²) >= 11 is 0. The highest BCUT2D eigenvalue weighted by Gasteiger charge is 2.45. The number of nitrogen functional groups attached to an aromatic ring is 1. The Bertz CT molecular complexity index is 1160. The van der Waals surface area contributed by atoms with E-state index in [0.717, 1.165) is 0 Å². The third-order valence-electron chi connectivity index (χ3n) is 4.95. The molecule has 2 unspecified atom stereocenters. The second-order valence-corrected chi connectivity index (χ2v) is 6.81. The minimum absolute atomic E-state index is 0.0464. The van der Waals surface area contributed by atoms with E-state index in [9.17, 15) is 24.6 Å². The molecule has 31 heavy (non-hydrogen) atoms. The summed E-state index contributed by atoms with van der Waals surface area (Å²) in [5.41, 5.74) is 6.61. The summed E-state index contributed by atoms with van der Waals surface area (Å²) in [4.78, 5) is 46.3. The summed E-state index contributed by atoms with van der Waals surface area (Å²) in [6.07, 6.45) is -1.27. The van der Waals surface area contributed by atoms with E-state index in [2.05, 4.69) is 15.0 Å². The Hall–Kier alpha value is -3.74. The van der Waals surface area contributed by atoms with Crippen LogP contribution in [0.4, 0.5) is 5.82 Å². The van der Waals surface area contributed by atoms with E-state index in [4.69, 9.17) is 15.2 Å². The fourth-order valence-corrected chi connectivity index (χ4v) is 3.31. The summed E-state index contributed by atoms with van der Waals surface area (Å²) in [6, 6.07) is 3.89. The molecule has 1 aliphatic heterocycles. The molecule has 0 bridgehead atoms. The van der Waals surface area contributed by atoms with E-state index in [1.165, 1.54) is 35.4 Å². The number of aliphatic hydroxyl groups excluding tert-OH is 2. The summed E-state index contributed by atoms with van der Waals surface area (Å²) in [6.45, 7) is -0.372. The first-order valence-corrected chi connectivity index (χ1v) is 9.10. The van der Waals surface area contributed by atoms with Crippen LogP contribution in [-0.4, -0.2) is 73.2 Å². The molecular formula is C19H17N5O7. The first-order valence-electron chi connectivity index (χ1n) is 9.10. The van der Waals surface area contributed by atoms with Gasteiger partial charge in [0.1, 0.15) is 36.8 Å². The highest BCUT2D eigenvalue weighted by atomic mass is 16.6. The van der Waals surface area contributed by atoms with Crippen LogP contribution in [0, 0.1) is 0 Å². The van der Waals surface area contributed by atoms with Crippen molar-refractivity contribution >= 4 is 35.5 Å². The van der Waals surface area contributed by atoms with Crippen LogP contribution in [0.5, 0.6) is 0 Å². The lowest BCUT2D eigenvalue weighted by Crippen LogP contribution is -2.34. The van der Waals surface area contributed by atoms with Gasteiger partial charge in [0.25, 0.3) is 0 Å². The second kappa shape index (κ2) is 8.18. The van der Waals surface area contributed by atoms with Crippen molar-refractivity contribution < 1.29 is 34.1 Å². The minimum Gasteiger partial charge on any atom is -0.459 e. The van der Waals surface area contributed by atoms with E-state index in [0.29, 0.717) is 23.7 Å². The SMILES string of the molecule is Nc1ncnc2c1ncn2[C@@H]1O[C@H](COC(=O)c2ccc(C=O)c(C=O)c2)C(O)C1O. The molecule has 12 nitrogen and oxygen atoms in total. The van der Waals surface area contributed by atoms with Crippen LogP contribution >= 0.6 is 0 Å². The lowest BCUT2D eigenvalue weighted by atomic mass is 10.1. The highest BCUT2D eigenvalue weighted by molar-refractivity contribution is 5.96. The third kappa shape index (κ3) is 3.63. The van der Waals surface area contributed by atoms with Gasteiger partial charge < -0.3 is 25.4 Å². The largest absolute Gasteiger partial charge is 0.459 e. The van der Waals surface area contributed by atoms with Gasteiger partial charge in [0.15, 0.2) is 30.3 Å². The molecule has 4 N–H and O–H groups in total. The zero-order valence-corrected chi connectivity index (χ0v) is 15.9. The Balaban J connectivity index is 1.47. The van der Waals surface area contributed by atoms with Crippen molar-refractivity contribution in [2.45, 2.75) is 24.5 Å². The first-order chi connectivity index (χ1) is 14.9. The lowest BCUT2D eigenvalue weighted by molar-refractivity contribution is -0.0565. The number of esters is 1. The number of ether oxygens (including phenoxy) is 2. The predicted molar refractivity (Wildman–Crippen MR) is 103 cm³/mol. The maximum atomic E-state index is 12.3. The van der Waals surface area contributed by atoms with Crippen molar-refractivity contribution in [3.8, 4) is 0 Å². The van der Waals surface area contributed by atoms with Crippen LogP contribution in [0.25, 0.3) is 11.2 Å². The average Bonchev–Trinajstić information content (AvgIpc) is 3.33. The maximum absolute atomic E-state index is 12.3. The van der Waals surface area contributed by atoms with Crippen molar-refractivity contribution in [3.63, 3.8) is 0 Å². The topological polar surface area (TPSA) is 180 Å². The van der Waals surface area contributed by atoms with Crippen molar-refractivity contribution in [1.29, 1.82) is 0 Å². The van der Waals surface area contributed by atoms with E-state index < -0.39 is 30.5 Å². The number of hydrogen-bond acceptors (Lipinski definition) is 11. The Morgan fingerprint density at radius 1 is 1.16 bits per heavy atom. The number of nitrogens with two attached hydrogens (primary N) is 1. The minimum atomic E-state index is -1.36. The lowest BCUT2D eigenvalue weighted by Gasteiger charge is -2.16. The van der Waals surface area contributed by atoms with E-state index in [1.807, 2.05) is 0 Å². The molecule has 160 valence electrons. The molecule has 3 aromatic rings. The Kier molecular flexibility index (Phi) is 5.42. The van der Waals surface area contributed by atoms with Crippen LogP contribution in [0.15, 0.2) is 30.9 Å². The van der Waals surface area contributed by atoms with Gasteiger partial charge in [0.2, 0.25) is 0 Å². The molecule has 1 fully saturated rings. The molecular weight excluding hydrogens is 410 g/mol. The molecule has 0 radical (unpaired) electrons. The number of benzene rings is 1. The number of carbonyl (C=O) groups is 3. The summed E-state index contributed by atoms with van der Waals surface area (Å²) in [7, 11) is 0. The van der Waals surface area contributed by atoms with Crippen LogP contribution in [0.1, 0.15) is 37.3 Å². The zero-order chi connectivity index (χ0) is 22.1. The molecule has 3 heterocycles.